The molecule has 0 atom stereocenters. The number of rotatable bonds is 8. The van der Waals surface area contributed by atoms with Crippen LogP contribution in [0.1, 0.15) is 60.0 Å². The number of ether oxygens (including phenoxy) is 1. The minimum atomic E-state index is -0.264. The normalized spacial score (nSPS) is 13.0. The van der Waals surface area contributed by atoms with Gasteiger partial charge in [0.15, 0.2) is 11.6 Å². The Balaban J connectivity index is 1.84. The first-order valence-corrected chi connectivity index (χ1v) is 9.42. The smallest absolute Gasteiger partial charge is 0.192 e. The van der Waals surface area contributed by atoms with Crippen molar-refractivity contribution in [3.8, 4) is 5.75 Å². The van der Waals surface area contributed by atoms with Gasteiger partial charge in [0.25, 0.3) is 0 Å². The van der Waals surface area contributed by atoms with Crippen molar-refractivity contribution in [2.45, 2.75) is 52.0 Å². The van der Waals surface area contributed by atoms with Crippen LogP contribution in [0.4, 0.5) is 5.82 Å². The van der Waals surface area contributed by atoms with Gasteiger partial charge in [-0.3, -0.25) is 9.59 Å². The molecule has 6 nitrogen and oxygen atoms in total. The molecular formula is C21H25N3O3. The Hall–Kier alpha value is -2.76. The highest BCUT2D eigenvalue weighted by Gasteiger charge is 2.22. The van der Waals surface area contributed by atoms with Crippen LogP contribution in [0.15, 0.2) is 24.3 Å². The third-order valence-corrected chi connectivity index (χ3v) is 4.76. The predicted molar refractivity (Wildman–Crippen MR) is 103 cm³/mol. The Bertz CT molecular complexity index is 831. The van der Waals surface area contributed by atoms with Crippen LogP contribution in [-0.4, -0.2) is 28.6 Å². The second kappa shape index (κ2) is 8.75. The lowest BCUT2D eigenvalue weighted by atomic mass is 9.99. The number of hydrogen-bond acceptors (Lipinski definition) is 6. The van der Waals surface area contributed by atoms with Crippen molar-refractivity contribution in [2.75, 3.05) is 12.4 Å². The second-order valence-electron chi connectivity index (χ2n) is 6.72. The van der Waals surface area contributed by atoms with E-state index in [0.29, 0.717) is 18.8 Å². The van der Waals surface area contributed by atoms with Crippen molar-refractivity contribution in [3.63, 3.8) is 0 Å². The molecule has 6 heteroatoms. The number of ketones is 2. The maximum atomic E-state index is 12.6. The topological polar surface area (TPSA) is 81.2 Å². The van der Waals surface area contributed by atoms with Gasteiger partial charge in [0, 0.05) is 13.0 Å². The third kappa shape index (κ3) is 4.70. The van der Waals surface area contributed by atoms with Crippen LogP contribution in [0.3, 0.4) is 0 Å². The van der Waals surface area contributed by atoms with Gasteiger partial charge in [-0.15, -0.1) is 0 Å². The third-order valence-electron chi connectivity index (χ3n) is 4.76. The Kier molecular flexibility index (Phi) is 6.16. The summed E-state index contributed by atoms with van der Waals surface area (Å²) in [4.78, 5) is 33.6. The zero-order valence-corrected chi connectivity index (χ0v) is 15.9. The number of Topliss-reactive ketones (excluding diaryl/α,β-unsaturated/α-hetero) is 2. The average molecular weight is 367 g/mol. The van der Waals surface area contributed by atoms with Crippen LogP contribution >= 0.6 is 0 Å². The van der Waals surface area contributed by atoms with Crippen molar-refractivity contribution in [1.29, 1.82) is 0 Å². The van der Waals surface area contributed by atoms with Crippen molar-refractivity contribution in [3.05, 3.63) is 46.9 Å². The van der Waals surface area contributed by atoms with E-state index in [9.17, 15) is 9.59 Å². The van der Waals surface area contributed by atoms with E-state index in [1.165, 1.54) is 0 Å². The summed E-state index contributed by atoms with van der Waals surface area (Å²) in [5, 5.41) is 3.24. The Labute approximate surface area is 159 Å². The zero-order chi connectivity index (χ0) is 19.2. The average Bonchev–Trinajstić information content (AvgIpc) is 2.71. The maximum Gasteiger partial charge on any atom is 0.192 e. The first-order valence-electron chi connectivity index (χ1n) is 9.42. The number of methoxy groups -OCH3 is 1. The molecule has 0 unspecified atom stereocenters. The van der Waals surface area contributed by atoms with Crippen molar-refractivity contribution in [1.82, 2.24) is 9.97 Å². The fourth-order valence-electron chi connectivity index (χ4n) is 3.12. The minimum Gasteiger partial charge on any atom is -0.497 e. The second-order valence-corrected chi connectivity index (χ2v) is 6.72. The SMILES string of the molecule is CCC(=O)CC(=O)c1nc2c(nc1NCc1ccc(OC)cc1)CCCC2. The molecule has 142 valence electrons. The highest BCUT2D eigenvalue weighted by atomic mass is 16.5. The maximum absolute atomic E-state index is 12.6. The molecule has 1 N–H and O–H groups in total. The number of aryl methyl sites for hydroxylation is 2. The molecule has 1 aliphatic carbocycles. The van der Waals surface area contributed by atoms with Gasteiger partial charge in [-0.05, 0) is 43.4 Å². The fourth-order valence-corrected chi connectivity index (χ4v) is 3.12. The molecule has 0 fully saturated rings. The van der Waals surface area contributed by atoms with Gasteiger partial charge in [-0.25, -0.2) is 9.97 Å². The molecule has 0 saturated carbocycles. The molecule has 0 aliphatic heterocycles. The number of nitrogens with one attached hydrogen (secondary N) is 1. The van der Waals surface area contributed by atoms with Crippen LogP contribution in [0.2, 0.25) is 0 Å². The van der Waals surface area contributed by atoms with Crippen LogP contribution in [-0.2, 0) is 24.2 Å². The lowest BCUT2D eigenvalue weighted by molar-refractivity contribution is -0.117. The summed E-state index contributed by atoms with van der Waals surface area (Å²) in [6, 6.07) is 7.70. The number of benzene rings is 1. The number of aromatic nitrogens is 2. The number of carbonyl (C=O) groups excluding carboxylic acids is 2. The Morgan fingerprint density at radius 2 is 1.74 bits per heavy atom. The van der Waals surface area contributed by atoms with Gasteiger partial charge >= 0.3 is 0 Å². The summed E-state index contributed by atoms with van der Waals surface area (Å²) < 4.78 is 5.17. The molecule has 27 heavy (non-hydrogen) atoms. The molecule has 1 aromatic heterocycles. The largest absolute Gasteiger partial charge is 0.497 e. The molecule has 0 spiro atoms. The number of anilines is 1. The number of hydrogen-bond donors (Lipinski definition) is 1. The van der Waals surface area contributed by atoms with Gasteiger partial charge < -0.3 is 10.1 Å². The van der Waals surface area contributed by atoms with E-state index < -0.39 is 0 Å². The number of carbonyl (C=O) groups is 2. The van der Waals surface area contributed by atoms with Crippen molar-refractivity contribution >= 4 is 17.4 Å². The summed E-state index contributed by atoms with van der Waals surface area (Å²) in [5.74, 6) is 0.919. The molecule has 1 aromatic carbocycles. The van der Waals surface area contributed by atoms with Gasteiger partial charge in [0.05, 0.1) is 24.9 Å². The standard InChI is InChI=1S/C21H25N3O3/c1-3-15(25)12-19(26)20-21(24-18-7-5-4-6-17(18)23-20)22-13-14-8-10-16(27-2)11-9-14/h8-11H,3-7,12-13H2,1-2H3,(H,22,24). The van der Waals surface area contributed by atoms with Crippen LogP contribution in [0.5, 0.6) is 5.75 Å². The Morgan fingerprint density at radius 1 is 1.07 bits per heavy atom. The molecule has 1 heterocycles. The van der Waals surface area contributed by atoms with Gasteiger partial charge in [-0.2, -0.15) is 0 Å². The molecule has 3 rings (SSSR count). The summed E-state index contributed by atoms with van der Waals surface area (Å²) in [6.45, 7) is 2.27. The fraction of sp³-hybridized carbons (Fsp3) is 0.429. The summed E-state index contributed by atoms with van der Waals surface area (Å²) >= 11 is 0. The molecule has 0 bridgehead atoms. The molecule has 1 aliphatic rings. The molecule has 0 radical (unpaired) electrons. The first-order chi connectivity index (χ1) is 13.1. The first kappa shape index (κ1) is 19.0. The summed E-state index contributed by atoms with van der Waals surface area (Å²) in [7, 11) is 1.63. The quantitative estimate of drug-likeness (QED) is 0.568. The van der Waals surface area contributed by atoms with Gasteiger partial charge in [0.1, 0.15) is 17.2 Å². The van der Waals surface area contributed by atoms with E-state index in [0.717, 1.165) is 48.4 Å². The van der Waals surface area contributed by atoms with Crippen LogP contribution in [0.25, 0.3) is 0 Å². The zero-order valence-electron chi connectivity index (χ0n) is 15.9. The number of fused-ring (bicyclic) bond motifs is 1. The monoisotopic (exact) mass is 367 g/mol. The molecule has 0 saturated heterocycles. The molecule has 0 amide bonds. The van der Waals surface area contributed by atoms with Crippen LogP contribution < -0.4 is 10.1 Å². The molecular weight excluding hydrogens is 342 g/mol. The number of nitrogens with zero attached hydrogens (tertiary/aromatic N) is 2. The van der Waals surface area contributed by atoms with Crippen molar-refractivity contribution in [2.24, 2.45) is 0 Å². The summed E-state index contributed by atoms with van der Waals surface area (Å²) in [5.41, 5.74) is 3.17. The summed E-state index contributed by atoms with van der Waals surface area (Å²) in [6.07, 6.45) is 4.08. The highest BCUT2D eigenvalue weighted by Crippen LogP contribution is 2.23. The highest BCUT2D eigenvalue weighted by molar-refractivity contribution is 6.09. The lowest BCUT2D eigenvalue weighted by Gasteiger charge is -2.18. The van der Waals surface area contributed by atoms with Gasteiger partial charge in [-0.1, -0.05) is 19.1 Å². The van der Waals surface area contributed by atoms with E-state index in [1.54, 1.807) is 14.0 Å². The lowest BCUT2D eigenvalue weighted by Crippen LogP contribution is -2.18. The predicted octanol–water partition coefficient (Wildman–Crippen LogP) is 3.53. The van der Waals surface area contributed by atoms with E-state index in [2.05, 4.69) is 15.3 Å². The minimum absolute atomic E-state index is 0.0828. The van der Waals surface area contributed by atoms with E-state index >= 15 is 0 Å². The van der Waals surface area contributed by atoms with E-state index in [4.69, 9.17) is 4.74 Å². The van der Waals surface area contributed by atoms with E-state index in [-0.39, 0.29) is 23.7 Å². The van der Waals surface area contributed by atoms with Gasteiger partial charge in [0.2, 0.25) is 0 Å². The molecule has 2 aromatic rings. The van der Waals surface area contributed by atoms with E-state index in [1.807, 2.05) is 24.3 Å². The van der Waals surface area contributed by atoms with Crippen LogP contribution in [0, 0.1) is 0 Å². The van der Waals surface area contributed by atoms with Crippen molar-refractivity contribution < 1.29 is 14.3 Å². The Morgan fingerprint density at radius 3 is 2.37 bits per heavy atom.